The molecule has 0 aromatic heterocycles. The minimum Gasteiger partial charge on any atom is -0.447 e. The summed E-state index contributed by atoms with van der Waals surface area (Å²) in [5, 5.41) is 13.6. The second-order valence-electron chi connectivity index (χ2n) is 15.8. The predicted octanol–water partition coefficient (Wildman–Crippen LogP) is 2.89. The van der Waals surface area contributed by atoms with Gasteiger partial charge >= 0.3 is 12.1 Å². The van der Waals surface area contributed by atoms with Crippen LogP contribution in [0.1, 0.15) is 89.0 Å². The zero-order valence-electron chi connectivity index (χ0n) is 30.2. The summed E-state index contributed by atoms with van der Waals surface area (Å²) in [5.41, 5.74) is -1.42. The number of piperidine rings is 1. The first kappa shape index (κ1) is 39.5. The number of nitrogens with zero attached hydrogens (tertiary/aromatic N) is 1. The molecule has 1 saturated heterocycles. The van der Waals surface area contributed by atoms with E-state index in [1.165, 1.54) is 11.0 Å². The lowest BCUT2D eigenvalue weighted by molar-refractivity contribution is -0.145. The Balaban J connectivity index is 2.24. The first-order chi connectivity index (χ1) is 21.6. The molecule has 266 valence electrons. The lowest BCUT2D eigenvalue weighted by atomic mass is 9.85. The largest absolute Gasteiger partial charge is 0.447 e. The van der Waals surface area contributed by atoms with Gasteiger partial charge in [-0.05, 0) is 55.8 Å². The number of urea groups is 1. The molecule has 0 spiro atoms. The maximum absolute atomic E-state index is 14.2. The lowest BCUT2D eigenvalue weighted by Gasteiger charge is -2.38. The summed E-state index contributed by atoms with van der Waals surface area (Å²) < 4.78 is 5.35. The van der Waals surface area contributed by atoms with Crippen LogP contribution in [0.4, 0.5) is 9.59 Å². The van der Waals surface area contributed by atoms with E-state index in [-0.39, 0.29) is 42.7 Å². The number of fused-ring (bicyclic) bond motifs is 1. The third-order valence-electron chi connectivity index (χ3n) is 8.98. The number of alkyl carbamates (subject to hydrolysis) is 1. The molecule has 5 N–H and O–H groups in total. The van der Waals surface area contributed by atoms with E-state index >= 15 is 0 Å². The van der Waals surface area contributed by atoms with E-state index in [2.05, 4.69) is 33.2 Å². The number of hydrogen-bond donors (Lipinski definition) is 5. The lowest BCUT2D eigenvalue weighted by Crippen LogP contribution is -2.62. The average Bonchev–Trinajstić information content (AvgIpc) is 3.26. The van der Waals surface area contributed by atoms with Crippen molar-refractivity contribution in [3.63, 3.8) is 0 Å². The van der Waals surface area contributed by atoms with Crippen LogP contribution in [0.15, 0.2) is 12.7 Å². The van der Waals surface area contributed by atoms with E-state index in [1.807, 2.05) is 76.2 Å². The Kier molecular flexibility index (Phi) is 13.0. The maximum atomic E-state index is 14.2. The molecular formula is C34H58N6O7. The monoisotopic (exact) mass is 662 g/mol. The zero-order chi connectivity index (χ0) is 36.1. The Morgan fingerprint density at radius 1 is 1.00 bits per heavy atom. The highest BCUT2D eigenvalue weighted by molar-refractivity contribution is 6.38. The van der Waals surface area contributed by atoms with Crippen LogP contribution in [0.5, 0.6) is 0 Å². The zero-order valence-corrected chi connectivity index (χ0v) is 30.2. The molecule has 1 saturated carbocycles. The highest BCUT2D eigenvalue weighted by Gasteiger charge is 2.70. The Morgan fingerprint density at radius 3 is 2.13 bits per heavy atom. The minimum absolute atomic E-state index is 0.0644. The Labute approximate surface area is 280 Å². The molecule has 0 bridgehead atoms. The first-order valence-electron chi connectivity index (χ1n) is 16.6. The van der Waals surface area contributed by atoms with Crippen molar-refractivity contribution in [3.05, 3.63) is 12.7 Å². The normalized spacial score (nSPS) is 21.8. The summed E-state index contributed by atoms with van der Waals surface area (Å²) >= 11 is 0. The highest BCUT2D eigenvalue weighted by Crippen LogP contribution is 2.65. The van der Waals surface area contributed by atoms with Gasteiger partial charge in [-0.25, -0.2) is 9.59 Å². The molecule has 6 atom stereocenters. The molecule has 2 fully saturated rings. The van der Waals surface area contributed by atoms with Gasteiger partial charge in [-0.3, -0.25) is 19.2 Å². The summed E-state index contributed by atoms with van der Waals surface area (Å²) in [7, 11) is 0. The highest BCUT2D eigenvalue weighted by atomic mass is 16.5. The minimum atomic E-state index is -1.04. The molecule has 0 radical (unpaired) electrons. The summed E-state index contributed by atoms with van der Waals surface area (Å²) in [6.07, 6.45) is 1.66. The molecule has 2 aliphatic rings. The van der Waals surface area contributed by atoms with Crippen molar-refractivity contribution < 1.29 is 33.5 Å². The summed E-state index contributed by atoms with van der Waals surface area (Å²) in [6, 6.07) is -4.07. The van der Waals surface area contributed by atoms with Gasteiger partial charge in [-0.1, -0.05) is 67.9 Å². The van der Waals surface area contributed by atoms with Crippen LogP contribution in [0, 0.1) is 28.6 Å². The molecule has 1 aliphatic carbocycles. The Hall–Kier alpha value is -3.64. The van der Waals surface area contributed by atoms with Gasteiger partial charge in [0.2, 0.25) is 17.6 Å². The van der Waals surface area contributed by atoms with Crippen LogP contribution in [0.3, 0.4) is 0 Å². The van der Waals surface area contributed by atoms with Gasteiger partial charge in [-0.2, -0.15) is 0 Å². The van der Waals surface area contributed by atoms with E-state index in [4.69, 9.17) is 4.74 Å². The number of ketones is 1. The number of carbonyl (C=O) groups is 6. The molecule has 1 heterocycles. The number of rotatable bonds is 14. The van der Waals surface area contributed by atoms with E-state index in [0.717, 1.165) is 0 Å². The summed E-state index contributed by atoms with van der Waals surface area (Å²) in [5.74, 6) is -2.65. The SMILES string of the molecule is C=CCNC(=O)C(=O)C(CCC)NC(=O)[C@@H]1[C@@H]2[C@H](CN1C(=O)[C@@H](NC(=O)N[C@H](COC(=O)NC(C)(C)C)C(C)C)C(C)(C)C)C2(C)C. The van der Waals surface area contributed by atoms with Gasteiger partial charge in [0, 0.05) is 18.6 Å². The molecule has 0 aromatic carbocycles. The number of hydrogen-bond acceptors (Lipinski definition) is 7. The van der Waals surface area contributed by atoms with Gasteiger partial charge in [0.25, 0.3) is 5.91 Å². The number of carbonyl (C=O) groups excluding carboxylic acids is 6. The molecular weight excluding hydrogens is 604 g/mol. The van der Waals surface area contributed by atoms with Gasteiger partial charge in [0.15, 0.2) is 0 Å². The molecule has 13 heteroatoms. The molecule has 13 nitrogen and oxygen atoms in total. The van der Waals surface area contributed by atoms with E-state index in [1.54, 1.807) is 0 Å². The molecule has 1 aliphatic heterocycles. The third kappa shape index (κ3) is 10.4. The Morgan fingerprint density at radius 2 is 1.62 bits per heavy atom. The van der Waals surface area contributed by atoms with E-state index in [9.17, 15) is 28.8 Å². The Bertz CT molecular complexity index is 1200. The smallest absolute Gasteiger partial charge is 0.407 e. The quantitative estimate of drug-likeness (QED) is 0.140. The molecule has 0 aromatic rings. The van der Waals surface area contributed by atoms with Gasteiger partial charge < -0.3 is 36.2 Å². The van der Waals surface area contributed by atoms with Crippen LogP contribution in [0.2, 0.25) is 0 Å². The fraction of sp³-hybridized carbons (Fsp3) is 0.765. The topological polar surface area (TPSA) is 175 Å². The van der Waals surface area contributed by atoms with Crippen LogP contribution in [0.25, 0.3) is 0 Å². The van der Waals surface area contributed by atoms with Gasteiger partial charge in [0.1, 0.15) is 18.7 Å². The fourth-order valence-electron chi connectivity index (χ4n) is 6.10. The first-order valence-corrected chi connectivity index (χ1v) is 16.6. The van der Waals surface area contributed by atoms with Crippen LogP contribution < -0.4 is 26.6 Å². The number of nitrogens with one attached hydrogen (secondary N) is 5. The van der Waals surface area contributed by atoms with Crippen LogP contribution in [-0.4, -0.2) is 89.9 Å². The van der Waals surface area contributed by atoms with Crippen LogP contribution in [-0.2, 0) is 23.9 Å². The van der Waals surface area contributed by atoms with E-state index in [0.29, 0.717) is 13.0 Å². The third-order valence-corrected chi connectivity index (χ3v) is 8.98. The van der Waals surface area contributed by atoms with Crippen molar-refractivity contribution in [3.8, 4) is 0 Å². The van der Waals surface area contributed by atoms with Crippen molar-refractivity contribution in [2.75, 3.05) is 19.7 Å². The number of amides is 6. The van der Waals surface area contributed by atoms with Crippen molar-refractivity contribution in [1.82, 2.24) is 31.5 Å². The fourth-order valence-corrected chi connectivity index (χ4v) is 6.10. The number of likely N-dealkylation sites (tertiary alicyclic amines) is 1. The predicted molar refractivity (Wildman–Crippen MR) is 179 cm³/mol. The average molecular weight is 663 g/mol. The van der Waals surface area contributed by atoms with Crippen molar-refractivity contribution in [2.24, 2.45) is 28.6 Å². The van der Waals surface area contributed by atoms with Crippen molar-refractivity contribution >= 4 is 35.6 Å². The summed E-state index contributed by atoms with van der Waals surface area (Å²) in [6.45, 7) is 24.6. The van der Waals surface area contributed by atoms with E-state index < -0.39 is 70.8 Å². The number of Topliss-reactive ketones (excluding diaryl/α,β-unsaturated/α-hetero) is 1. The molecule has 6 amide bonds. The standard InChI is InChI=1S/C34H58N6O7/c1-13-15-21(25(41)28(43)35-16-14-2)36-27(42)24-23-20(34(23,11)12)17-40(24)29(44)26(32(5,6)7)38-30(45)37-22(19(3)4)18-47-31(46)39-33(8,9)10/h14,19-24,26H,2,13,15-18H2,1,3-12H3,(H,35,43)(H,36,42)(H,39,46)(H2,37,38,45)/t20-,21?,22+,23-,24-,26+/m0/s1. The maximum Gasteiger partial charge on any atom is 0.407 e. The van der Waals surface area contributed by atoms with Crippen LogP contribution >= 0.6 is 0 Å². The van der Waals surface area contributed by atoms with Gasteiger partial charge in [-0.15, -0.1) is 6.58 Å². The molecule has 1 unspecified atom stereocenters. The molecule has 2 rings (SSSR count). The number of ether oxygens (including phenoxy) is 1. The molecule has 47 heavy (non-hydrogen) atoms. The second-order valence-corrected chi connectivity index (χ2v) is 15.8. The second kappa shape index (κ2) is 15.5. The summed E-state index contributed by atoms with van der Waals surface area (Å²) in [4.78, 5) is 80.5. The van der Waals surface area contributed by atoms with Crippen molar-refractivity contribution in [2.45, 2.75) is 119 Å². The van der Waals surface area contributed by atoms with Gasteiger partial charge in [0.05, 0.1) is 12.1 Å². The van der Waals surface area contributed by atoms with Crippen molar-refractivity contribution in [1.29, 1.82) is 0 Å².